The number of allylic oxidation sites excluding steroid dienone is 2. The normalized spacial score (nSPS) is 25.3. The van der Waals surface area contributed by atoms with Crippen molar-refractivity contribution in [1.29, 1.82) is 0 Å². The van der Waals surface area contributed by atoms with Gasteiger partial charge in [0.1, 0.15) is 13.2 Å². The minimum absolute atomic E-state index is 0.0925. The molecule has 1 aliphatic carbocycles. The van der Waals surface area contributed by atoms with Gasteiger partial charge in [0.05, 0.1) is 0 Å². The minimum Gasteiger partial charge on any atom is -0.449 e. The third-order valence-corrected chi connectivity index (χ3v) is 4.02. The Labute approximate surface area is 113 Å². The summed E-state index contributed by atoms with van der Waals surface area (Å²) in [5.41, 5.74) is 10.9. The zero-order valence-corrected chi connectivity index (χ0v) is 11.6. The number of amides is 2. The maximum Gasteiger partial charge on any atom is 0.404 e. The third-order valence-electron chi connectivity index (χ3n) is 4.02. The van der Waals surface area contributed by atoms with Crippen LogP contribution in [-0.4, -0.2) is 25.4 Å². The van der Waals surface area contributed by atoms with Gasteiger partial charge in [-0.05, 0) is 25.2 Å². The summed E-state index contributed by atoms with van der Waals surface area (Å²) in [7, 11) is 0. The summed E-state index contributed by atoms with van der Waals surface area (Å²) in [6.07, 6.45) is 1.30. The van der Waals surface area contributed by atoms with Crippen molar-refractivity contribution in [3.8, 4) is 0 Å². The maximum absolute atomic E-state index is 10.9. The number of nitrogens with two attached hydrogens (primary N) is 2. The molecule has 0 saturated carbocycles. The van der Waals surface area contributed by atoms with Crippen molar-refractivity contribution in [2.24, 2.45) is 28.7 Å². The van der Waals surface area contributed by atoms with Crippen LogP contribution >= 0.6 is 0 Å². The largest absolute Gasteiger partial charge is 0.449 e. The van der Waals surface area contributed by atoms with Crippen LogP contribution < -0.4 is 11.5 Å². The third kappa shape index (κ3) is 3.62. The fourth-order valence-electron chi connectivity index (χ4n) is 2.80. The van der Waals surface area contributed by atoms with E-state index >= 15 is 0 Å². The molecule has 0 aromatic rings. The van der Waals surface area contributed by atoms with Crippen LogP contribution in [0, 0.1) is 17.3 Å². The van der Waals surface area contributed by atoms with Gasteiger partial charge in [-0.1, -0.05) is 25.5 Å². The molecule has 0 radical (unpaired) electrons. The molecule has 6 heteroatoms. The van der Waals surface area contributed by atoms with E-state index in [1.807, 2.05) is 13.8 Å². The van der Waals surface area contributed by atoms with Gasteiger partial charge in [-0.25, -0.2) is 9.59 Å². The zero-order valence-electron chi connectivity index (χ0n) is 11.6. The molecule has 4 N–H and O–H groups in total. The molecule has 0 aromatic carbocycles. The number of rotatable bonds is 4. The van der Waals surface area contributed by atoms with Crippen molar-refractivity contribution in [1.82, 2.24) is 0 Å². The van der Waals surface area contributed by atoms with Gasteiger partial charge < -0.3 is 20.9 Å². The van der Waals surface area contributed by atoms with Crippen molar-refractivity contribution in [3.05, 3.63) is 11.6 Å². The molecule has 6 nitrogen and oxygen atoms in total. The average Bonchev–Trinajstić information content (AvgIpc) is 2.26. The highest BCUT2D eigenvalue weighted by Crippen LogP contribution is 2.44. The lowest BCUT2D eigenvalue weighted by molar-refractivity contribution is -0.0330. The second-order valence-electron chi connectivity index (χ2n) is 5.36. The van der Waals surface area contributed by atoms with Gasteiger partial charge in [0, 0.05) is 5.41 Å². The van der Waals surface area contributed by atoms with Gasteiger partial charge in [-0.15, -0.1) is 0 Å². The highest BCUT2D eigenvalue weighted by Gasteiger charge is 2.45. The second-order valence-corrected chi connectivity index (χ2v) is 5.36. The van der Waals surface area contributed by atoms with Gasteiger partial charge in [0.15, 0.2) is 0 Å². The molecule has 0 heterocycles. The molecule has 108 valence electrons. The van der Waals surface area contributed by atoms with E-state index in [1.54, 1.807) is 0 Å². The van der Waals surface area contributed by atoms with E-state index in [1.165, 1.54) is 5.57 Å². The van der Waals surface area contributed by atoms with Gasteiger partial charge in [0.2, 0.25) is 0 Å². The number of carbonyl (C=O) groups is 2. The van der Waals surface area contributed by atoms with Crippen LogP contribution in [0.3, 0.4) is 0 Å². The maximum atomic E-state index is 10.9. The van der Waals surface area contributed by atoms with Crippen LogP contribution in [0.5, 0.6) is 0 Å². The molecule has 0 aliphatic heterocycles. The first-order valence-electron chi connectivity index (χ1n) is 6.29. The molecule has 2 atom stereocenters. The Morgan fingerprint density at radius 1 is 1.26 bits per heavy atom. The van der Waals surface area contributed by atoms with Gasteiger partial charge >= 0.3 is 12.2 Å². The van der Waals surface area contributed by atoms with Crippen molar-refractivity contribution in [3.63, 3.8) is 0 Å². The van der Waals surface area contributed by atoms with E-state index in [0.717, 1.165) is 6.42 Å². The fraction of sp³-hybridized carbons (Fsp3) is 0.692. The molecular weight excluding hydrogens is 248 g/mol. The van der Waals surface area contributed by atoms with E-state index in [2.05, 4.69) is 13.0 Å². The molecule has 0 fully saturated rings. The summed E-state index contributed by atoms with van der Waals surface area (Å²) in [5.74, 6) is 0.279. The van der Waals surface area contributed by atoms with Crippen LogP contribution in [0.1, 0.15) is 27.2 Å². The zero-order chi connectivity index (χ0) is 14.6. The fourth-order valence-corrected chi connectivity index (χ4v) is 2.80. The molecular formula is C13H22N2O4. The van der Waals surface area contributed by atoms with Gasteiger partial charge in [-0.2, -0.15) is 0 Å². The predicted molar refractivity (Wildman–Crippen MR) is 70.2 cm³/mol. The minimum atomic E-state index is -0.830. The Hall–Kier alpha value is -1.72. The summed E-state index contributed by atoms with van der Waals surface area (Å²) >= 11 is 0. The lowest BCUT2D eigenvalue weighted by Crippen LogP contribution is -2.47. The van der Waals surface area contributed by atoms with Crippen LogP contribution in [0.2, 0.25) is 0 Å². The standard InChI is InChI=1S/C13H22N2O4/c1-8-4-9(2)13(10(3)5-8,6-18-11(14)16)7-19-12(15)17/h4,9-10H,5-7H2,1-3H3,(H2,14,16)(H2,15,17)/t9-,10-/m0/s1. The molecule has 0 unspecified atom stereocenters. The molecule has 19 heavy (non-hydrogen) atoms. The van der Waals surface area contributed by atoms with E-state index in [9.17, 15) is 9.59 Å². The molecule has 0 saturated heterocycles. The first-order valence-corrected chi connectivity index (χ1v) is 6.29. The number of hydrogen-bond acceptors (Lipinski definition) is 4. The molecule has 0 aromatic heterocycles. The Balaban J connectivity index is 2.95. The van der Waals surface area contributed by atoms with Gasteiger partial charge in [0.25, 0.3) is 0 Å². The summed E-state index contributed by atoms with van der Waals surface area (Å²) in [4.78, 5) is 21.7. The Kier molecular flexibility index (Phi) is 4.80. The molecule has 2 amide bonds. The number of ether oxygens (including phenoxy) is 2. The highest BCUT2D eigenvalue weighted by molar-refractivity contribution is 5.65. The molecule has 1 rings (SSSR count). The Bertz CT molecular complexity index is 374. The van der Waals surface area contributed by atoms with E-state index < -0.39 is 17.6 Å². The van der Waals surface area contributed by atoms with E-state index in [4.69, 9.17) is 20.9 Å². The van der Waals surface area contributed by atoms with Crippen LogP contribution in [-0.2, 0) is 9.47 Å². The van der Waals surface area contributed by atoms with E-state index in [-0.39, 0.29) is 25.0 Å². The van der Waals surface area contributed by atoms with Crippen LogP contribution in [0.15, 0.2) is 11.6 Å². The number of carbonyl (C=O) groups excluding carboxylic acids is 2. The first-order chi connectivity index (χ1) is 8.78. The monoisotopic (exact) mass is 270 g/mol. The Morgan fingerprint density at radius 2 is 1.74 bits per heavy atom. The van der Waals surface area contributed by atoms with Crippen molar-refractivity contribution in [2.45, 2.75) is 27.2 Å². The first kappa shape index (κ1) is 15.3. The van der Waals surface area contributed by atoms with Crippen LogP contribution in [0.4, 0.5) is 9.59 Å². The summed E-state index contributed by atoms with van der Waals surface area (Å²) < 4.78 is 9.94. The highest BCUT2D eigenvalue weighted by atomic mass is 16.6. The lowest BCUT2D eigenvalue weighted by atomic mass is 9.63. The summed E-state index contributed by atoms with van der Waals surface area (Å²) in [6, 6.07) is 0. The second kappa shape index (κ2) is 5.95. The summed E-state index contributed by atoms with van der Waals surface area (Å²) in [5, 5.41) is 0. The Morgan fingerprint density at radius 3 is 2.11 bits per heavy atom. The SMILES string of the molecule is CC1=C[C@H](C)C(COC(N)=O)(COC(N)=O)[C@@H](C)C1. The smallest absolute Gasteiger partial charge is 0.404 e. The topological polar surface area (TPSA) is 105 Å². The van der Waals surface area contributed by atoms with E-state index in [0.29, 0.717) is 0 Å². The average molecular weight is 270 g/mol. The van der Waals surface area contributed by atoms with Crippen molar-refractivity contribution in [2.75, 3.05) is 13.2 Å². The molecule has 0 spiro atoms. The van der Waals surface area contributed by atoms with Crippen LogP contribution in [0.25, 0.3) is 0 Å². The lowest BCUT2D eigenvalue weighted by Gasteiger charge is -2.44. The number of hydrogen-bond donors (Lipinski definition) is 2. The number of primary amides is 2. The molecule has 0 bridgehead atoms. The van der Waals surface area contributed by atoms with Crippen molar-refractivity contribution < 1.29 is 19.1 Å². The quantitative estimate of drug-likeness (QED) is 0.759. The predicted octanol–water partition coefficient (Wildman–Crippen LogP) is 1.79. The van der Waals surface area contributed by atoms with Crippen molar-refractivity contribution >= 4 is 12.2 Å². The summed E-state index contributed by atoms with van der Waals surface area (Å²) in [6.45, 7) is 6.33. The molecule has 1 aliphatic rings. The van der Waals surface area contributed by atoms with Gasteiger partial charge in [-0.3, -0.25) is 0 Å².